The van der Waals surface area contributed by atoms with Gasteiger partial charge in [-0.15, -0.1) is 6.58 Å². The summed E-state index contributed by atoms with van der Waals surface area (Å²) in [4.78, 5) is 37.2. The van der Waals surface area contributed by atoms with Crippen LogP contribution in [0, 0.1) is 0 Å². The Bertz CT molecular complexity index is 762. The molecule has 0 radical (unpaired) electrons. The first-order valence-electron chi connectivity index (χ1n) is 9.49. The van der Waals surface area contributed by atoms with Crippen LogP contribution in [0.1, 0.15) is 57.0 Å². The summed E-state index contributed by atoms with van der Waals surface area (Å²) in [6.07, 6.45) is -0.101. The molecule has 1 aromatic rings. The zero-order valence-electron chi connectivity index (χ0n) is 17.3. The molecule has 1 aliphatic rings. The highest BCUT2D eigenvalue weighted by Gasteiger charge is 2.35. The Balaban J connectivity index is 2.10. The standard InChI is InChI=1S/C22H30N2O4/c1-13(2)11-17(21(27)24-19-14(3)28-12-18(19)25)23-20(26)15-7-9-16(10-8-15)22(4,5)6/h7-10,14,17,19H,1,11-12H2,2-6H3,(H,23,26)(H,24,27)/t14-,17+,19+/m1/s1. The molecule has 0 saturated carbocycles. The smallest absolute Gasteiger partial charge is 0.251 e. The quantitative estimate of drug-likeness (QED) is 0.736. The molecule has 2 rings (SSSR count). The molecule has 6 nitrogen and oxygen atoms in total. The molecule has 1 fully saturated rings. The first-order valence-corrected chi connectivity index (χ1v) is 9.49. The maximum Gasteiger partial charge on any atom is 0.251 e. The Morgan fingerprint density at radius 1 is 1.25 bits per heavy atom. The number of benzene rings is 1. The Kier molecular flexibility index (Phi) is 6.77. The van der Waals surface area contributed by atoms with E-state index in [-0.39, 0.29) is 36.2 Å². The average Bonchev–Trinajstić information content (AvgIpc) is 2.92. The second-order valence-corrected chi connectivity index (χ2v) is 8.48. The van der Waals surface area contributed by atoms with Gasteiger partial charge in [0.15, 0.2) is 5.78 Å². The van der Waals surface area contributed by atoms with Crippen LogP contribution in [0.3, 0.4) is 0 Å². The molecule has 0 bridgehead atoms. The molecule has 1 saturated heterocycles. The minimum absolute atomic E-state index is 0.00996. The summed E-state index contributed by atoms with van der Waals surface area (Å²) >= 11 is 0. The average molecular weight is 386 g/mol. The van der Waals surface area contributed by atoms with Crippen LogP contribution in [0.5, 0.6) is 0 Å². The molecule has 0 aliphatic carbocycles. The van der Waals surface area contributed by atoms with Gasteiger partial charge >= 0.3 is 0 Å². The van der Waals surface area contributed by atoms with Crippen molar-refractivity contribution < 1.29 is 19.1 Å². The third-order valence-corrected chi connectivity index (χ3v) is 4.79. The van der Waals surface area contributed by atoms with Crippen molar-refractivity contribution in [2.45, 2.75) is 64.6 Å². The van der Waals surface area contributed by atoms with Crippen LogP contribution in [-0.2, 0) is 19.7 Å². The van der Waals surface area contributed by atoms with Gasteiger partial charge in [-0.1, -0.05) is 38.5 Å². The number of ketones is 1. The maximum absolute atomic E-state index is 12.7. The molecular weight excluding hydrogens is 356 g/mol. The van der Waals surface area contributed by atoms with E-state index in [2.05, 4.69) is 38.0 Å². The van der Waals surface area contributed by atoms with Gasteiger partial charge in [0.25, 0.3) is 5.91 Å². The normalized spacial score (nSPS) is 20.5. The highest BCUT2D eigenvalue weighted by Crippen LogP contribution is 2.22. The molecule has 1 aliphatic heterocycles. The van der Waals surface area contributed by atoms with Crippen molar-refractivity contribution >= 4 is 17.6 Å². The Hall–Kier alpha value is -2.47. The predicted molar refractivity (Wildman–Crippen MR) is 108 cm³/mol. The van der Waals surface area contributed by atoms with Gasteiger partial charge < -0.3 is 15.4 Å². The van der Waals surface area contributed by atoms with Crippen LogP contribution in [0.2, 0.25) is 0 Å². The van der Waals surface area contributed by atoms with Gasteiger partial charge in [0.2, 0.25) is 5.91 Å². The first-order chi connectivity index (χ1) is 13.0. The van der Waals surface area contributed by atoms with Crippen molar-refractivity contribution in [3.8, 4) is 0 Å². The van der Waals surface area contributed by atoms with Gasteiger partial charge in [-0.2, -0.15) is 0 Å². The molecule has 6 heteroatoms. The summed E-state index contributed by atoms with van der Waals surface area (Å²) in [5, 5.41) is 5.46. The molecule has 28 heavy (non-hydrogen) atoms. The van der Waals surface area contributed by atoms with E-state index in [1.165, 1.54) is 0 Å². The highest BCUT2D eigenvalue weighted by atomic mass is 16.5. The van der Waals surface area contributed by atoms with E-state index in [4.69, 9.17) is 4.74 Å². The number of nitrogens with one attached hydrogen (secondary N) is 2. The van der Waals surface area contributed by atoms with Crippen molar-refractivity contribution in [1.82, 2.24) is 10.6 Å². The number of carbonyl (C=O) groups excluding carboxylic acids is 3. The zero-order valence-corrected chi connectivity index (χ0v) is 17.3. The second-order valence-electron chi connectivity index (χ2n) is 8.48. The highest BCUT2D eigenvalue weighted by molar-refractivity contribution is 5.99. The van der Waals surface area contributed by atoms with Crippen molar-refractivity contribution in [3.63, 3.8) is 0 Å². The molecule has 0 aromatic heterocycles. The SMILES string of the molecule is C=C(C)C[C@H](NC(=O)c1ccc(C(C)(C)C)cc1)C(=O)N[C@@H]1C(=O)CO[C@@H]1C. The van der Waals surface area contributed by atoms with Crippen molar-refractivity contribution in [2.75, 3.05) is 6.61 Å². The van der Waals surface area contributed by atoms with E-state index in [0.29, 0.717) is 5.56 Å². The van der Waals surface area contributed by atoms with Gasteiger partial charge in [-0.3, -0.25) is 14.4 Å². The molecule has 0 spiro atoms. The lowest BCUT2D eigenvalue weighted by molar-refractivity contribution is -0.127. The number of amides is 2. The van der Waals surface area contributed by atoms with Crippen LogP contribution < -0.4 is 10.6 Å². The molecule has 1 aromatic carbocycles. The van der Waals surface area contributed by atoms with Crippen LogP contribution in [0.4, 0.5) is 0 Å². The molecule has 2 N–H and O–H groups in total. The fourth-order valence-electron chi connectivity index (χ4n) is 3.03. The van der Waals surface area contributed by atoms with Crippen LogP contribution in [0.25, 0.3) is 0 Å². The molecule has 3 atom stereocenters. The monoisotopic (exact) mass is 386 g/mol. The molecule has 1 heterocycles. The second kappa shape index (κ2) is 8.69. The van der Waals surface area contributed by atoms with E-state index in [1.54, 1.807) is 26.0 Å². The van der Waals surface area contributed by atoms with E-state index >= 15 is 0 Å². The Labute approximate surface area is 166 Å². The molecule has 0 unspecified atom stereocenters. The lowest BCUT2D eigenvalue weighted by Gasteiger charge is -2.22. The zero-order chi connectivity index (χ0) is 21.1. The van der Waals surface area contributed by atoms with Crippen molar-refractivity contribution in [2.24, 2.45) is 0 Å². The number of rotatable bonds is 6. The topological polar surface area (TPSA) is 84.5 Å². The van der Waals surface area contributed by atoms with Crippen LogP contribution in [-0.4, -0.2) is 42.4 Å². The van der Waals surface area contributed by atoms with E-state index in [9.17, 15) is 14.4 Å². The van der Waals surface area contributed by atoms with E-state index in [0.717, 1.165) is 11.1 Å². The summed E-state index contributed by atoms with van der Waals surface area (Å²) < 4.78 is 5.26. The number of ether oxygens (including phenoxy) is 1. The van der Waals surface area contributed by atoms with Gasteiger partial charge in [-0.05, 0) is 43.4 Å². The summed E-state index contributed by atoms with van der Waals surface area (Å²) in [6.45, 7) is 13.7. The minimum Gasteiger partial charge on any atom is -0.368 e. The summed E-state index contributed by atoms with van der Waals surface area (Å²) in [5.41, 5.74) is 2.34. The van der Waals surface area contributed by atoms with E-state index < -0.39 is 18.0 Å². The van der Waals surface area contributed by atoms with Gasteiger partial charge in [0.1, 0.15) is 18.7 Å². The number of hydrogen-bond acceptors (Lipinski definition) is 4. The predicted octanol–water partition coefficient (Wildman–Crippen LogP) is 2.52. The van der Waals surface area contributed by atoms with Gasteiger partial charge in [-0.25, -0.2) is 0 Å². The van der Waals surface area contributed by atoms with Crippen molar-refractivity contribution in [3.05, 3.63) is 47.5 Å². The molecule has 152 valence electrons. The molecular formula is C22H30N2O4. The third kappa shape index (κ3) is 5.52. The fraction of sp³-hybridized carbons (Fsp3) is 0.500. The fourth-order valence-corrected chi connectivity index (χ4v) is 3.03. The Morgan fingerprint density at radius 2 is 1.86 bits per heavy atom. The number of hydrogen-bond donors (Lipinski definition) is 2. The van der Waals surface area contributed by atoms with Gasteiger partial charge in [0, 0.05) is 5.56 Å². The largest absolute Gasteiger partial charge is 0.368 e. The lowest BCUT2D eigenvalue weighted by atomic mass is 9.86. The van der Waals surface area contributed by atoms with Crippen molar-refractivity contribution in [1.29, 1.82) is 0 Å². The van der Waals surface area contributed by atoms with Gasteiger partial charge in [0.05, 0.1) is 6.10 Å². The maximum atomic E-state index is 12.7. The summed E-state index contributed by atoms with van der Waals surface area (Å²) in [7, 11) is 0. The first kappa shape index (κ1) is 21.8. The lowest BCUT2D eigenvalue weighted by Crippen LogP contribution is -2.53. The van der Waals surface area contributed by atoms with E-state index in [1.807, 2.05) is 12.1 Å². The summed E-state index contributed by atoms with van der Waals surface area (Å²) in [5.74, 6) is -0.929. The number of carbonyl (C=O) groups is 3. The number of Topliss-reactive ketones (excluding diaryl/α,β-unsaturated/α-hetero) is 1. The van der Waals surface area contributed by atoms with Crippen LogP contribution in [0.15, 0.2) is 36.4 Å². The Morgan fingerprint density at radius 3 is 2.32 bits per heavy atom. The minimum atomic E-state index is -0.812. The van der Waals surface area contributed by atoms with Crippen LogP contribution >= 0.6 is 0 Å². The molecule has 2 amide bonds. The summed E-state index contributed by atoms with van der Waals surface area (Å²) in [6, 6.07) is 5.83. The third-order valence-electron chi connectivity index (χ3n) is 4.79.